The van der Waals surface area contributed by atoms with Crippen molar-refractivity contribution in [1.29, 1.82) is 0 Å². The minimum absolute atomic E-state index is 0.0342. The van der Waals surface area contributed by atoms with E-state index in [1.165, 1.54) is 12.1 Å². The van der Waals surface area contributed by atoms with Crippen molar-refractivity contribution < 1.29 is 17.2 Å². The lowest BCUT2D eigenvalue weighted by molar-refractivity contribution is 0.551. The van der Waals surface area contributed by atoms with E-state index in [0.717, 1.165) is 16.4 Å². The number of benzene rings is 2. The Morgan fingerprint density at radius 1 is 1.14 bits per heavy atom. The number of sulfonamides is 1. The Morgan fingerprint density at radius 2 is 1.81 bits per heavy atom. The molecule has 0 spiro atoms. The van der Waals surface area contributed by atoms with Gasteiger partial charge in [0.1, 0.15) is 16.5 Å². The molecule has 0 heterocycles. The number of hydrogen-bond acceptors (Lipinski definition) is 3. The van der Waals surface area contributed by atoms with Gasteiger partial charge in [0.15, 0.2) is 0 Å². The van der Waals surface area contributed by atoms with Gasteiger partial charge in [-0.25, -0.2) is 17.2 Å². The Bertz CT molecular complexity index is 763. The van der Waals surface area contributed by atoms with E-state index in [1.807, 2.05) is 0 Å². The standard InChI is InChI=1S/C14H14F2N2O2S/c1-2-18(13-6-4-3-5-12(13)17)21(19,20)14-9-10(15)7-8-11(14)16/h3-9H,2,17H2,1H3. The van der Waals surface area contributed by atoms with Crippen LogP contribution in [0.3, 0.4) is 0 Å². The first kappa shape index (κ1) is 15.2. The highest BCUT2D eigenvalue weighted by Crippen LogP contribution is 2.29. The number of nitrogens with zero attached hydrogens (tertiary/aromatic N) is 1. The maximum Gasteiger partial charge on any atom is 0.267 e. The number of nitrogens with two attached hydrogens (primary N) is 1. The molecule has 0 amide bonds. The Balaban J connectivity index is 2.61. The quantitative estimate of drug-likeness (QED) is 0.883. The first-order valence-electron chi connectivity index (χ1n) is 6.20. The summed E-state index contributed by atoms with van der Waals surface area (Å²) in [5.41, 5.74) is 6.23. The van der Waals surface area contributed by atoms with Crippen molar-refractivity contribution in [1.82, 2.24) is 0 Å². The second kappa shape index (κ2) is 5.69. The van der Waals surface area contributed by atoms with E-state index in [-0.39, 0.29) is 17.9 Å². The third-order valence-electron chi connectivity index (χ3n) is 2.95. The second-order valence-corrected chi connectivity index (χ2v) is 6.13. The molecule has 0 aliphatic heterocycles. The highest BCUT2D eigenvalue weighted by molar-refractivity contribution is 7.92. The average Bonchev–Trinajstić information content (AvgIpc) is 2.44. The zero-order chi connectivity index (χ0) is 15.6. The molecule has 0 atom stereocenters. The summed E-state index contributed by atoms with van der Waals surface area (Å²) in [6.07, 6.45) is 0. The highest BCUT2D eigenvalue weighted by Gasteiger charge is 2.28. The summed E-state index contributed by atoms with van der Waals surface area (Å²) >= 11 is 0. The van der Waals surface area contributed by atoms with Gasteiger partial charge in [-0.15, -0.1) is 0 Å². The van der Waals surface area contributed by atoms with E-state index < -0.39 is 26.6 Å². The highest BCUT2D eigenvalue weighted by atomic mass is 32.2. The topological polar surface area (TPSA) is 63.4 Å². The Morgan fingerprint density at radius 3 is 2.43 bits per heavy atom. The van der Waals surface area contributed by atoms with Gasteiger partial charge in [0.25, 0.3) is 10.0 Å². The summed E-state index contributed by atoms with van der Waals surface area (Å²) < 4.78 is 53.1. The molecule has 0 bridgehead atoms. The number of anilines is 2. The molecule has 0 saturated carbocycles. The zero-order valence-corrected chi connectivity index (χ0v) is 12.1. The molecule has 0 aromatic heterocycles. The summed E-state index contributed by atoms with van der Waals surface area (Å²) in [5, 5.41) is 0. The lowest BCUT2D eigenvalue weighted by Crippen LogP contribution is -2.32. The van der Waals surface area contributed by atoms with Crippen LogP contribution in [0.1, 0.15) is 6.92 Å². The van der Waals surface area contributed by atoms with Gasteiger partial charge in [0.05, 0.1) is 11.4 Å². The van der Waals surface area contributed by atoms with Gasteiger partial charge in [0.2, 0.25) is 0 Å². The van der Waals surface area contributed by atoms with E-state index in [0.29, 0.717) is 6.07 Å². The molecule has 2 aromatic rings. The first-order valence-corrected chi connectivity index (χ1v) is 7.64. The van der Waals surface area contributed by atoms with E-state index in [4.69, 9.17) is 5.73 Å². The number of rotatable bonds is 4. The molecule has 0 unspecified atom stereocenters. The predicted octanol–water partition coefficient (Wildman–Crippen LogP) is 2.76. The van der Waals surface area contributed by atoms with Crippen molar-refractivity contribution in [2.24, 2.45) is 0 Å². The molecule has 0 aliphatic rings. The lowest BCUT2D eigenvalue weighted by atomic mass is 10.3. The van der Waals surface area contributed by atoms with E-state index >= 15 is 0 Å². The van der Waals surface area contributed by atoms with Crippen LogP contribution in [0.15, 0.2) is 47.4 Å². The molecule has 21 heavy (non-hydrogen) atoms. The van der Waals surface area contributed by atoms with E-state index in [2.05, 4.69) is 0 Å². The molecule has 2 rings (SSSR count). The van der Waals surface area contributed by atoms with E-state index in [9.17, 15) is 17.2 Å². The summed E-state index contributed by atoms with van der Waals surface area (Å²) in [5.74, 6) is -1.84. The third kappa shape index (κ3) is 2.82. The second-order valence-electron chi connectivity index (χ2n) is 4.30. The van der Waals surface area contributed by atoms with Crippen LogP contribution >= 0.6 is 0 Å². The zero-order valence-electron chi connectivity index (χ0n) is 11.3. The maximum absolute atomic E-state index is 13.8. The van der Waals surface area contributed by atoms with Gasteiger partial charge in [0, 0.05) is 6.54 Å². The van der Waals surface area contributed by atoms with Gasteiger partial charge in [-0.3, -0.25) is 4.31 Å². The van der Waals surface area contributed by atoms with Gasteiger partial charge >= 0.3 is 0 Å². The third-order valence-corrected chi connectivity index (χ3v) is 4.86. The smallest absolute Gasteiger partial charge is 0.267 e. The molecule has 112 valence electrons. The van der Waals surface area contributed by atoms with Crippen LogP contribution in [0.5, 0.6) is 0 Å². The number of para-hydroxylation sites is 2. The molecule has 2 N–H and O–H groups in total. The summed E-state index contributed by atoms with van der Waals surface area (Å²) in [6.45, 7) is 1.62. The summed E-state index contributed by atoms with van der Waals surface area (Å²) in [7, 11) is -4.24. The molecule has 0 aliphatic carbocycles. The molecular weight excluding hydrogens is 298 g/mol. The van der Waals surface area contributed by atoms with Gasteiger partial charge in [-0.05, 0) is 37.3 Å². The monoisotopic (exact) mass is 312 g/mol. The number of nitrogen functional groups attached to an aromatic ring is 1. The van der Waals surface area contributed by atoms with E-state index in [1.54, 1.807) is 19.1 Å². The number of halogens is 2. The van der Waals surface area contributed by atoms with Gasteiger partial charge < -0.3 is 5.73 Å². The van der Waals surface area contributed by atoms with Crippen molar-refractivity contribution in [3.8, 4) is 0 Å². The largest absolute Gasteiger partial charge is 0.397 e. The van der Waals surface area contributed by atoms with Crippen molar-refractivity contribution >= 4 is 21.4 Å². The van der Waals surface area contributed by atoms with Crippen molar-refractivity contribution in [2.75, 3.05) is 16.6 Å². The molecule has 0 fully saturated rings. The molecule has 7 heteroatoms. The lowest BCUT2D eigenvalue weighted by Gasteiger charge is -2.24. The Hall–Kier alpha value is -2.15. The fourth-order valence-corrected chi connectivity index (χ4v) is 3.56. The molecule has 0 saturated heterocycles. The van der Waals surface area contributed by atoms with Gasteiger partial charge in [-0.1, -0.05) is 12.1 Å². The van der Waals surface area contributed by atoms with Crippen LogP contribution in [0.25, 0.3) is 0 Å². The van der Waals surface area contributed by atoms with Crippen LogP contribution in [0.4, 0.5) is 20.2 Å². The van der Waals surface area contributed by atoms with Crippen LogP contribution in [0.2, 0.25) is 0 Å². The van der Waals surface area contributed by atoms with Crippen LogP contribution in [0, 0.1) is 11.6 Å². The van der Waals surface area contributed by atoms with Crippen molar-refractivity contribution in [3.05, 3.63) is 54.1 Å². The minimum Gasteiger partial charge on any atom is -0.397 e. The fourth-order valence-electron chi connectivity index (χ4n) is 1.98. The Labute approximate surface area is 121 Å². The van der Waals surface area contributed by atoms with Crippen LogP contribution < -0.4 is 10.0 Å². The Kier molecular flexibility index (Phi) is 4.13. The fraction of sp³-hybridized carbons (Fsp3) is 0.143. The van der Waals surface area contributed by atoms with Crippen molar-refractivity contribution in [3.63, 3.8) is 0 Å². The maximum atomic E-state index is 13.8. The van der Waals surface area contributed by atoms with Crippen molar-refractivity contribution in [2.45, 2.75) is 11.8 Å². The first-order chi connectivity index (χ1) is 9.87. The van der Waals surface area contributed by atoms with Gasteiger partial charge in [-0.2, -0.15) is 0 Å². The minimum atomic E-state index is -4.24. The van der Waals surface area contributed by atoms with Crippen LogP contribution in [-0.2, 0) is 10.0 Å². The predicted molar refractivity (Wildman–Crippen MR) is 77.4 cm³/mol. The normalized spacial score (nSPS) is 11.4. The molecule has 2 aromatic carbocycles. The molecule has 4 nitrogen and oxygen atoms in total. The summed E-state index contributed by atoms with van der Waals surface area (Å²) in [6, 6.07) is 8.62. The molecular formula is C14H14F2N2O2S. The molecule has 0 radical (unpaired) electrons. The average molecular weight is 312 g/mol. The number of hydrogen-bond donors (Lipinski definition) is 1. The SMILES string of the molecule is CCN(c1ccccc1N)S(=O)(=O)c1cc(F)ccc1F. The summed E-state index contributed by atoms with van der Waals surface area (Å²) in [4.78, 5) is -0.715. The van der Waals surface area contributed by atoms with Crippen LogP contribution in [-0.4, -0.2) is 15.0 Å².